The number of hydrogen-bond acceptors (Lipinski definition) is 4. The number of hydrogen-bond donors (Lipinski definition) is 1. The minimum absolute atomic E-state index is 0.0347. The molecular weight excluding hydrogens is 292 g/mol. The first kappa shape index (κ1) is 22.7. The molecule has 2 aromatic carbocycles. The summed E-state index contributed by atoms with van der Waals surface area (Å²) in [7, 11) is 1.54. The zero-order valence-electron chi connectivity index (χ0n) is 14.4. The molecule has 0 saturated carbocycles. The molecule has 4 heteroatoms. The number of phenolic OH excluding ortho intramolecular Hbond substituents is 1. The Bertz CT molecular complexity index is 551. The van der Waals surface area contributed by atoms with Crippen LogP contribution in [0.2, 0.25) is 0 Å². The lowest BCUT2D eigenvalue weighted by Gasteiger charge is -1.99. The maximum atomic E-state index is 10.3. The number of rotatable bonds is 3. The molecule has 0 aromatic heterocycles. The Balaban J connectivity index is 0. The molecule has 0 aliphatic heterocycles. The summed E-state index contributed by atoms with van der Waals surface area (Å²) in [6.07, 6.45) is 1.40. The highest BCUT2D eigenvalue weighted by Crippen LogP contribution is 2.14. The minimum atomic E-state index is 0.0347. The van der Waals surface area contributed by atoms with Crippen LogP contribution in [0.5, 0.6) is 11.5 Å². The monoisotopic (exact) mass is 318 g/mol. The van der Waals surface area contributed by atoms with E-state index in [2.05, 4.69) is 0 Å². The number of aldehydes is 2. The fourth-order valence-electron chi connectivity index (χ4n) is 1.35. The van der Waals surface area contributed by atoms with Crippen molar-refractivity contribution < 1.29 is 19.4 Å². The maximum Gasteiger partial charge on any atom is 0.153 e. The van der Waals surface area contributed by atoms with Gasteiger partial charge in [0, 0.05) is 0 Å². The van der Waals surface area contributed by atoms with E-state index in [0.717, 1.165) is 6.29 Å². The Hall–Kier alpha value is -2.62. The molecule has 2 rings (SSSR count). The van der Waals surface area contributed by atoms with E-state index < -0.39 is 0 Å². The first-order valence-electron chi connectivity index (χ1n) is 7.54. The molecule has 126 valence electrons. The van der Waals surface area contributed by atoms with Gasteiger partial charge in [0.2, 0.25) is 0 Å². The van der Waals surface area contributed by atoms with Crippen molar-refractivity contribution >= 4 is 12.6 Å². The molecule has 0 unspecified atom stereocenters. The highest BCUT2D eigenvalue weighted by Gasteiger charge is 1.96. The molecule has 0 spiro atoms. The summed E-state index contributed by atoms with van der Waals surface area (Å²) in [5.41, 5.74) is 0.919. The van der Waals surface area contributed by atoms with Gasteiger partial charge in [-0.2, -0.15) is 0 Å². The lowest BCUT2D eigenvalue weighted by atomic mass is 10.2. The number of carbonyl (C=O) groups excluding carboxylic acids is 2. The Kier molecular flexibility index (Phi) is 15.5. The number of para-hydroxylation sites is 2. The van der Waals surface area contributed by atoms with Crippen molar-refractivity contribution in [3.8, 4) is 11.5 Å². The smallest absolute Gasteiger partial charge is 0.153 e. The van der Waals surface area contributed by atoms with Crippen LogP contribution in [-0.2, 0) is 0 Å². The van der Waals surface area contributed by atoms with Gasteiger partial charge in [0.05, 0.1) is 18.2 Å². The summed E-state index contributed by atoms with van der Waals surface area (Å²) in [5.74, 6) is 0.657. The molecule has 0 aliphatic carbocycles. The maximum absolute atomic E-state index is 10.3. The summed E-state index contributed by atoms with van der Waals surface area (Å²) >= 11 is 0. The van der Waals surface area contributed by atoms with Crippen molar-refractivity contribution in [2.24, 2.45) is 0 Å². The highest BCUT2D eigenvalue weighted by molar-refractivity contribution is 5.79. The Morgan fingerprint density at radius 3 is 1.57 bits per heavy atom. The van der Waals surface area contributed by atoms with Crippen LogP contribution in [0.4, 0.5) is 0 Å². The van der Waals surface area contributed by atoms with Gasteiger partial charge < -0.3 is 9.84 Å². The molecule has 0 amide bonds. The quantitative estimate of drug-likeness (QED) is 0.828. The van der Waals surface area contributed by atoms with E-state index in [1.165, 1.54) is 6.07 Å². The third kappa shape index (κ3) is 9.09. The first-order valence-corrected chi connectivity index (χ1v) is 7.54. The molecule has 2 aromatic rings. The first-order chi connectivity index (χ1) is 11.2. The molecule has 23 heavy (non-hydrogen) atoms. The van der Waals surface area contributed by atoms with Crippen LogP contribution < -0.4 is 4.74 Å². The van der Waals surface area contributed by atoms with E-state index in [1.807, 2.05) is 33.8 Å². The lowest BCUT2D eigenvalue weighted by Crippen LogP contribution is -1.88. The third-order valence-electron chi connectivity index (χ3n) is 2.33. The van der Waals surface area contributed by atoms with E-state index >= 15 is 0 Å². The summed E-state index contributed by atoms with van der Waals surface area (Å²) in [6.45, 7) is 8.00. The second-order valence-corrected chi connectivity index (χ2v) is 3.54. The number of ether oxygens (including phenoxy) is 1. The molecule has 0 bridgehead atoms. The van der Waals surface area contributed by atoms with E-state index in [9.17, 15) is 9.59 Å². The summed E-state index contributed by atoms with van der Waals surface area (Å²) in [4.78, 5) is 20.4. The van der Waals surface area contributed by atoms with Gasteiger partial charge in [-0.05, 0) is 24.3 Å². The van der Waals surface area contributed by atoms with Gasteiger partial charge in [-0.1, -0.05) is 52.0 Å². The molecule has 0 atom stereocenters. The fraction of sp³-hybridized carbons (Fsp3) is 0.263. The van der Waals surface area contributed by atoms with Crippen LogP contribution in [0.3, 0.4) is 0 Å². The molecule has 0 saturated heterocycles. The second-order valence-electron chi connectivity index (χ2n) is 3.54. The van der Waals surface area contributed by atoms with Gasteiger partial charge in [-0.25, -0.2) is 0 Å². The van der Waals surface area contributed by atoms with Crippen molar-refractivity contribution in [3.63, 3.8) is 0 Å². The van der Waals surface area contributed by atoms with Crippen molar-refractivity contribution in [2.75, 3.05) is 7.11 Å². The molecule has 0 aliphatic rings. The average Bonchev–Trinajstić information content (AvgIpc) is 2.66. The van der Waals surface area contributed by atoms with E-state index in [-0.39, 0.29) is 5.75 Å². The average molecular weight is 318 g/mol. The molecular formula is C19H26O4. The largest absolute Gasteiger partial charge is 0.507 e. The van der Waals surface area contributed by atoms with Crippen molar-refractivity contribution in [3.05, 3.63) is 59.7 Å². The molecule has 4 nitrogen and oxygen atoms in total. The van der Waals surface area contributed by atoms with Crippen molar-refractivity contribution in [2.45, 2.75) is 27.7 Å². The number of aromatic hydroxyl groups is 1. The predicted molar refractivity (Wildman–Crippen MR) is 94.6 cm³/mol. The fourth-order valence-corrected chi connectivity index (χ4v) is 1.35. The Labute approximate surface area is 138 Å². The predicted octanol–water partition coefficient (Wildman–Crippen LogP) is 4.76. The highest BCUT2D eigenvalue weighted by atomic mass is 16.5. The minimum Gasteiger partial charge on any atom is -0.507 e. The third-order valence-corrected chi connectivity index (χ3v) is 2.33. The van der Waals surface area contributed by atoms with Crippen LogP contribution in [0.25, 0.3) is 0 Å². The van der Waals surface area contributed by atoms with Crippen molar-refractivity contribution in [1.82, 2.24) is 0 Å². The van der Waals surface area contributed by atoms with Gasteiger partial charge >= 0.3 is 0 Å². The lowest BCUT2D eigenvalue weighted by molar-refractivity contribution is 0.111. The molecule has 0 fully saturated rings. The Morgan fingerprint density at radius 1 is 0.783 bits per heavy atom. The summed E-state index contributed by atoms with van der Waals surface area (Å²) < 4.78 is 4.90. The number of benzene rings is 2. The standard InChI is InChI=1S/C8H8O2.C7H6O2.2C2H6/c1-10-8-5-3-2-4-7(8)6-9;8-5-6-3-1-2-4-7(6)9;2*1-2/h2-6H,1H3;1-5,9H;2*1-2H3. The van der Waals surface area contributed by atoms with E-state index in [4.69, 9.17) is 9.84 Å². The van der Waals surface area contributed by atoms with Crippen LogP contribution in [0.1, 0.15) is 48.4 Å². The van der Waals surface area contributed by atoms with Crippen LogP contribution in [0, 0.1) is 0 Å². The van der Waals surface area contributed by atoms with Gasteiger partial charge in [-0.3, -0.25) is 9.59 Å². The number of phenols is 1. The van der Waals surface area contributed by atoms with E-state index in [1.54, 1.807) is 43.5 Å². The van der Waals surface area contributed by atoms with Crippen LogP contribution in [0.15, 0.2) is 48.5 Å². The zero-order chi connectivity index (χ0) is 18.1. The summed E-state index contributed by atoms with van der Waals surface area (Å²) in [5, 5.41) is 8.88. The zero-order valence-corrected chi connectivity index (χ0v) is 14.4. The van der Waals surface area contributed by atoms with Crippen LogP contribution in [-0.4, -0.2) is 24.8 Å². The number of carbonyl (C=O) groups is 2. The number of methoxy groups -OCH3 is 1. The normalized spacial score (nSPS) is 7.87. The van der Waals surface area contributed by atoms with Gasteiger partial charge in [0.1, 0.15) is 11.5 Å². The molecule has 0 heterocycles. The summed E-state index contributed by atoms with van der Waals surface area (Å²) in [6, 6.07) is 13.5. The van der Waals surface area contributed by atoms with Crippen LogP contribution >= 0.6 is 0 Å². The molecule has 0 radical (unpaired) electrons. The topological polar surface area (TPSA) is 63.6 Å². The van der Waals surface area contributed by atoms with Crippen molar-refractivity contribution in [1.29, 1.82) is 0 Å². The Morgan fingerprint density at radius 2 is 1.22 bits per heavy atom. The van der Waals surface area contributed by atoms with Gasteiger partial charge in [0.25, 0.3) is 0 Å². The van der Waals surface area contributed by atoms with E-state index in [0.29, 0.717) is 23.2 Å². The van der Waals surface area contributed by atoms with Gasteiger partial charge in [-0.15, -0.1) is 0 Å². The van der Waals surface area contributed by atoms with Gasteiger partial charge in [0.15, 0.2) is 12.6 Å². The SMILES string of the molecule is CC.CC.COc1ccccc1C=O.O=Cc1ccccc1O. The second kappa shape index (κ2) is 15.8. The molecule has 1 N–H and O–H groups in total.